The predicted molar refractivity (Wildman–Crippen MR) is 83.2 cm³/mol. The first-order chi connectivity index (χ1) is 10.8. The zero-order chi connectivity index (χ0) is 15.4. The van der Waals surface area contributed by atoms with Crippen molar-refractivity contribution >= 4 is 12.2 Å². The first kappa shape index (κ1) is 14.2. The van der Waals surface area contributed by atoms with Crippen LogP contribution in [-0.4, -0.2) is 10.3 Å². The third-order valence-corrected chi connectivity index (χ3v) is 3.32. The minimum Gasteiger partial charge on any atom is -0.391 e. The molecule has 0 aliphatic carbocycles. The van der Waals surface area contributed by atoms with Gasteiger partial charge in [-0.3, -0.25) is 0 Å². The zero-order valence-electron chi connectivity index (χ0n) is 11.7. The minimum atomic E-state index is -0.318. The van der Waals surface area contributed by atoms with Gasteiger partial charge >= 0.3 is 0 Å². The number of aromatic nitrogens is 1. The molecule has 0 fully saturated rings. The van der Waals surface area contributed by atoms with E-state index < -0.39 is 0 Å². The Balaban J connectivity index is 1.94. The van der Waals surface area contributed by atoms with Crippen molar-refractivity contribution in [2.45, 2.75) is 6.61 Å². The van der Waals surface area contributed by atoms with Crippen LogP contribution in [0.2, 0.25) is 0 Å². The van der Waals surface area contributed by atoms with E-state index in [0.717, 1.165) is 5.56 Å². The molecule has 3 aromatic rings. The molecule has 1 aromatic heterocycles. The Morgan fingerprint density at radius 2 is 1.73 bits per heavy atom. The molecule has 0 spiro atoms. The van der Waals surface area contributed by atoms with Crippen molar-refractivity contribution in [3.8, 4) is 11.3 Å². The van der Waals surface area contributed by atoms with Crippen LogP contribution in [-0.2, 0) is 6.61 Å². The number of hydrogen-bond acceptors (Lipinski definition) is 3. The first-order valence-corrected chi connectivity index (χ1v) is 6.86. The Kier molecular flexibility index (Phi) is 4.12. The molecule has 22 heavy (non-hydrogen) atoms. The van der Waals surface area contributed by atoms with Crippen molar-refractivity contribution in [2.24, 2.45) is 0 Å². The standard InChI is InChI=1S/C18H14FNO2/c19-15-9-7-14(8-10-15)18-16(12-21)17(22-20-18)11-6-13-4-2-1-3-5-13/h1-11,21H,12H2. The highest BCUT2D eigenvalue weighted by Gasteiger charge is 2.15. The highest BCUT2D eigenvalue weighted by atomic mass is 19.1. The molecular formula is C18H14FNO2. The fraction of sp³-hybridized carbons (Fsp3) is 0.0556. The SMILES string of the molecule is OCc1c(-c2ccc(F)cc2)noc1C=Cc1ccccc1. The molecule has 110 valence electrons. The van der Waals surface area contributed by atoms with Gasteiger partial charge in [-0.2, -0.15) is 0 Å². The number of halogens is 1. The molecular weight excluding hydrogens is 281 g/mol. The third-order valence-electron chi connectivity index (χ3n) is 3.32. The Morgan fingerprint density at radius 1 is 1.00 bits per heavy atom. The van der Waals surface area contributed by atoms with Crippen molar-refractivity contribution in [1.82, 2.24) is 5.16 Å². The molecule has 3 rings (SSSR count). The zero-order valence-corrected chi connectivity index (χ0v) is 11.7. The minimum absolute atomic E-state index is 0.204. The summed E-state index contributed by atoms with van der Waals surface area (Å²) in [4.78, 5) is 0. The molecule has 0 amide bonds. The number of hydrogen-bond donors (Lipinski definition) is 1. The lowest BCUT2D eigenvalue weighted by molar-refractivity contribution is 0.280. The number of benzene rings is 2. The van der Waals surface area contributed by atoms with Gasteiger partial charge in [-0.15, -0.1) is 0 Å². The molecule has 1 heterocycles. The quantitative estimate of drug-likeness (QED) is 0.786. The third kappa shape index (κ3) is 2.97. The second-order valence-corrected chi connectivity index (χ2v) is 4.78. The van der Waals surface area contributed by atoms with Gasteiger partial charge < -0.3 is 9.63 Å². The van der Waals surface area contributed by atoms with Crippen LogP contribution in [0.25, 0.3) is 23.4 Å². The van der Waals surface area contributed by atoms with Gasteiger partial charge in [0.1, 0.15) is 11.5 Å². The van der Waals surface area contributed by atoms with Gasteiger partial charge in [0.15, 0.2) is 5.76 Å². The Morgan fingerprint density at radius 3 is 2.41 bits per heavy atom. The van der Waals surface area contributed by atoms with Crippen molar-refractivity contribution in [3.05, 3.63) is 77.3 Å². The van der Waals surface area contributed by atoms with Crippen LogP contribution in [0.5, 0.6) is 0 Å². The summed E-state index contributed by atoms with van der Waals surface area (Å²) in [5.41, 5.74) is 2.83. The summed E-state index contributed by atoms with van der Waals surface area (Å²) in [5, 5.41) is 13.6. The van der Waals surface area contributed by atoms with Gasteiger partial charge in [-0.1, -0.05) is 41.6 Å². The van der Waals surface area contributed by atoms with Crippen LogP contribution in [0.15, 0.2) is 59.1 Å². The van der Waals surface area contributed by atoms with E-state index in [-0.39, 0.29) is 12.4 Å². The molecule has 2 aromatic carbocycles. The molecule has 0 atom stereocenters. The van der Waals surface area contributed by atoms with E-state index in [4.69, 9.17) is 4.52 Å². The van der Waals surface area contributed by atoms with E-state index in [1.165, 1.54) is 12.1 Å². The van der Waals surface area contributed by atoms with Crippen LogP contribution < -0.4 is 0 Å². The maximum Gasteiger partial charge on any atom is 0.165 e. The summed E-state index contributed by atoms with van der Waals surface area (Å²) in [7, 11) is 0. The number of rotatable bonds is 4. The second-order valence-electron chi connectivity index (χ2n) is 4.78. The fourth-order valence-electron chi connectivity index (χ4n) is 2.18. The van der Waals surface area contributed by atoms with E-state index in [9.17, 15) is 9.50 Å². The molecule has 0 aliphatic rings. The maximum absolute atomic E-state index is 13.0. The summed E-state index contributed by atoms with van der Waals surface area (Å²) in [6, 6.07) is 15.7. The van der Waals surface area contributed by atoms with Crippen molar-refractivity contribution in [2.75, 3.05) is 0 Å². The molecule has 0 unspecified atom stereocenters. The number of nitrogens with zero attached hydrogens (tertiary/aromatic N) is 1. The average Bonchev–Trinajstić information content (AvgIpc) is 2.97. The summed E-state index contributed by atoms with van der Waals surface area (Å²) in [6.07, 6.45) is 3.65. The van der Waals surface area contributed by atoms with Crippen LogP contribution in [0.3, 0.4) is 0 Å². The van der Waals surface area contributed by atoms with Crippen LogP contribution in [0, 0.1) is 5.82 Å². The van der Waals surface area contributed by atoms with Gasteiger partial charge in [0.05, 0.1) is 12.2 Å². The molecule has 4 heteroatoms. The Hall–Kier alpha value is -2.72. The van der Waals surface area contributed by atoms with Crippen LogP contribution in [0.1, 0.15) is 16.9 Å². The molecule has 0 saturated carbocycles. The van der Waals surface area contributed by atoms with E-state index >= 15 is 0 Å². The van der Waals surface area contributed by atoms with Crippen molar-refractivity contribution in [3.63, 3.8) is 0 Å². The monoisotopic (exact) mass is 295 g/mol. The van der Waals surface area contributed by atoms with E-state index in [0.29, 0.717) is 22.6 Å². The predicted octanol–water partition coefficient (Wildman–Crippen LogP) is 4.14. The lowest BCUT2D eigenvalue weighted by atomic mass is 10.1. The lowest BCUT2D eigenvalue weighted by Gasteiger charge is -1.99. The smallest absolute Gasteiger partial charge is 0.165 e. The van der Waals surface area contributed by atoms with Crippen LogP contribution in [0.4, 0.5) is 4.39 Å². The number of aliphatic hydroxyl groups excluding tert-OH is 1. The van der Waals surface area contributed by atoms with E-state index in [1.807, 2.05) is 36.4 Å². The largest absolute Gasteiger partial charge is 0.391 e. The van der Waals surface area contributed by atoms with Crippen LogP contribution >= 0.6 is 0 Å². The average molecular weight is 295 g/mol. The van der Waals surface area contributed by atoms with Gasteiger partial charge in [-0.25, -0.2) is 4.39 Å². The van der Waals surface area contributed by atoms with Crippen molar-refractivity contribution in [1.29, 1.82) is 0 Å². The summed E-state index contributed by atoms with van der Waals surface area (Å²) >= 11 is 0. The fourth-order valence-corrected chi connectivity index (χ4v) is 2.18. The highest BCUT2D eigenvalue weighted by molar-refractivity contribution is 5.73. The molecule has 0 saturated heterocycles. The first-order valence-electron chi connectivity index (χ1n) is 6.86. The van der Waals surface area contributed by atoms with E-state index in [2.05, 4.69) is 5.16 Å². The molecule has 0 bridgehead atoms. The van der Waals surface area contributed by atoms with Gasteiger partial charge in [0, 0.05) is 5.56 Å². The summed E-state index contributed by atoms with van der Waals surface area (Å²) in [5.74, 6) is 0.174. The molecule has 0 radical (unpaired) electrons. The topological polar surface area (TPSA) is 46.3 Å². The Bertz CT molecular complexity index is 777. The maximum atomic E-state index is 13.0. The van der Waals surface area contributed by atoms with E-state index in [1.54, 1.807) is 18.2 Å². The Labute approximate surface area is 127 Å². The molecule has 0 aliphatic heterocycles. The van der Waals surface area contributed by atoms with Crippen molar-refractivity contribution < 1.29 is 14.0 Å². The highest BCUT2D eigenvalue weighted by Crippen LogP contribution is 2.27. The second kappa shape index (κ2) is 6.37. The molecule has 3 nitrogen and oxygen atoms in total. The summed E-state index contributed by atoms with van der Waals surface area (Å²) < 4.78 is 18.3. The van der Waals surface area contributed by atoms with Gasteiger partial charge in [-0.05, 0) is 35.9 Å². The van der Waals surface area contributed by atoms with Gasteiger partial charge in [0.25, 0.3) is 0 Å². The number of aliphatic hydroxyl groups is 1. The molecule has 1 N–H and O–H groups in total. The lowest BCUT2D eigenvalue weighted by Crippen LogP contribution is -1.88. The normalized spacial score (nSPS) is 11.2. The van der Waals surface area contributed by atoms with Gasteiger partial charge in [0.2, 0.25) is 0 Å². The summed E-state index contributed by atoms with van der Waals surface area (Å²) in [6.45, 7) is -0.204.